The number of hydrogen-bond donors (Lipinski definition) is 5. The van der Waals surface area contributed by atoms with Gasteiger partial charge in [-0.25, -0.2) is 0 Å². The van der Waals surface area contributed by atoms with Gasteiger partial charge in [0.2, 0.25) is 0 Å². The SMILES string of the molecule is C=O.CC(C)(C)C.CNC(C)N/C=C(\N)c1ccc(O)cc1O. The van der Waals surface area contributed by atoms with Crippen molar-refractivity contribution in [1.29, 1.82) is 0 Å². The fourth-order valence-corrected chi connectivity index (χ4v) is 1.14. The summed E-state index contributed by atoms with van der Waals surface area (Å²) in [5, 5.41) is 24.7. The first-order valence-electron chi connectivity index (χ1n) is 7.24. The van der Waals surface area contributed by atoms with E-state index in [1.807, 2.05) is 20.8 Å². The van der Waals surface area contributed by atoms with Crippen LogP contribution in [-0.4, -0.2) is 30.2 Å². The summed E-state index contributed by atoms with van der Waals surface area (Å²) in [4.78, 5) is 8.00. The van der Waals surface area contributed by atoms with E-state index in [9.17, 15) is 5.11 Å². The van der Waals surface area contributed by atoms with E-state index in [0.717, 1.165) is 0 Å². The zero-order chi connectivity index (χ0) is 18.6. The Hall–Kier alpha value is -2.21. The molecule has 0 aromatic heterocycles. The van der Waals surface area contributed by atoms with E-state index < -0.39 is 0 Å². The number of hydrogen-bond acceptors (Lipinski definition) is 6. The maximum Gasteiger partial charge on any atom is 0.128 e. The number of nitrogens with two attached hydrogens (primary N) is 1. The van der Waals surface area contributed by atoms with Gasteiger partial charge in [-0.15, -0.1) is 0 Å². The highest BCUT2D eigenvalue weighted by Crippen LogP contribution is 2.25. The van der Waals surface area contributed by atoms with Gasteiger partial charge in [-0.3, -0.25) is 0 Å². The van der Waals surface area contributed by atoms with Gasteiger partial charge in [-0.1, -0.05) is 27.7 Å². The van der Waals surface area contributed by atoms with Crippen LogP contribution >= 0.6 is 0 Å². The molecule has 0 spiro atoms. The molecule has 0 saturated heterocycles. The molecule has 0 bridgehead atoms. The molecule has 0 aliphatic rings. The number of carbonyl (C=O) groups excluding carboxylic acids is 1. The smallest absolute Gasteiger partial charge is 0.128 e. The summed E-state index contributed by atoms with van der Waals surface area (Å²) in [6.45, 7) is 12.7. The fourth-order valence-electron chi connectivity index (χ4n) is 1.14. The third-order valence-electron chi connectivity index (χ3n) is 2.21. The Morgan fingerprint density at radius 3 is 2.13 bits per heavy atom. The molecule has 0 aliphatic carbocycles. The van der Waals surface area contributed by atoms with E-state index in [1.54, 1.807) is 12.3 Å². The van der Waals surface area contributed by atoms with Crippen molar-refractivity contribution in [3.63, 3.8) is 0 Å². The Kier molecular flexibility index (Phi) is 11.4. The Bertz CT molecular complexity index is 476. The first kappa shape index (κ1) is 23.1. The Morgan fingerprint density at radius 1 is 1.26 bits per heavy atom. The molecule has 1 atom stereocenters. The molecule has 0 fully saturated rings. The molecule has 6 N–H and O–H groups in total. The molecule has 0 amide bonds. The van der Waals surface area contributed by atoms with Crippen LogP contribution in [0.1, 0.15) is 40.2 Å². The highest BCUT2D eigenvalue weighted by Gasteiger charge is 2.05. The second-order valence-corrected chi connectivity index (χ2v) is 6.48. The van der Waals surface area contributed by atoms with Crippen molar-refractivity contribution < 1.29 is 15.0 Å². The summed E-state index contributed by atoms with van der Waals surface area (Å²) in [5.74, 6) is -0.0433. The summed E-state index contributed by atoms with van der Waals surface area (Å²) in [6.07, 6.45) is 1.69. The molecule has 132 valence electrons. The lowest BCUT2D eigenvalue weighted by molar-refractivity contribution is -0.0979. The average Bonchev–Trinajstić information content (AvgIpc) is 2.44. The Morgan fingerprint density at radius 2 is 1.74 bits per heavy atom. The normalized spacial score (nSPS) is 12.2. The molecule has 0 heterocycles. The minimum absolute atomic E-state index is 0.00519. The van der Waals surface area contributed by atoms with Gasteiger partial charge >= 0.3 is 0 Å². The molecule has 0 aliphatic heterocycles. The predicted octanol–water partition coefficient (Wildman–Crippen LogP) is 2.38. The first-order chi connectivity index (χ1) is 10.5. The molecule has 6 nitrogen and oxygen atoms in total. The maximum atomic E-state index is 9.56. The lowest BCUT2D eigenvalue weighted by Gasteiger charge is -2.11. The minimum Gasteiger partial charge on any atom is -0.508 e. The van der Waals surface area contributed by atoms with Crippen LogP contribution in [0, 0.1) is 5.41 Å². The largest absolute Gasteiger partial charge is 0.508 e. The van der Waals surface area contributed by atoms with Crippen molar-refractivity contribution in [3.05, 3.63) is 30.0 Å². The molecule has 1 rings (SSSR count). The topological polar surface area (TPSA) is 108 Å². The van der Waals surface area contributed by atoms with Crippen LogP contribution < -0.4 is 16.4 Å². The summed E-state index contributed by atoms with van der Waals surface area (Å²) in [6, 6.07) is 4.27. The third kappa shape index (κ3) is 13.2. The van der Waals surface area contributed by atoms with Crippen molar-refractivity contribution in [1.82, 2.24) is 10.6 Å². The summed E-state index contributed by atoms with van der Waals surface area (Å²) in [5.41, 5.74) is 7.16. The van der Waals surface area contributed by atoms with E-state index in [4.69, 9.17) is 15.6 Å². The molecule has 23 heavy (non-hydrogen) atoms. The van der Waals surface area contributed by atoms with Gasteiger partial charge in [0, 0.05) is 17.8 Å². The molecule has 0 saturated carbocycles. The van der Waals surface area contributed by atoms with Crippen molar-refractivity contribution >= 4 is 12.5 Å². The van der Waals surface area contributed by atoms with E-state index >= 15 is 0 Å². The number of rotatable bonds is 4. The zero-order valence-corrected chi connectivity index (χ0v) is 15.0. The molecule has 6 heteroatoms. The van der Waals surface area contributed by atoms with Gasteiger partial charge in [0.1, 0.15) is 18.3 Å². The second kappa shape index (κ2) is 11.4. The zero-order valence-electron chi connectivity index (χ0n) is 15.0. The van der Waals surface area contributed by atoms with Crippen LogP contribution in [0.2, 0.25) is 0 Å². The number of phenolic OH excluding ortho intramolecular Hbond substituents is 2. The summed E-state index contributed by atoms with van der Waals surface area (Å²) < 4.78 is 0. The van der Waals surface area contributed by atoms with E-state index in [0.29, 0.717) is 16.7 Å². The van der Waals surface area contributed by atoms with E-state index in [-0.39, 0.29) is 17.7 Å². The maximum absolute atomic E-state index is 9.56. The van der Waals surface area contributed by atoms with Crippen LogP contribution in [0.4, 0.5) is 0 Å². The number of carbonyl (C=O) groups is 1. The lowest BCUT2D eigenvalue weighted by atomic mass is 10.0. The number of aromatic hydroxyl groups is 2. The van der Waals surface area contributed by atoms with Crippen molar-refractivity contribution in [3.8, 4) is 11.5 Å². The number of phenols is 2. The van der Waals surface area contributed by atoms with Crippen molar-refractivity contribution in [2.45, 2.75) is 40.8 Å². The summed E-state index contributed by atoms with van der Waals surface area (Å²) >= 11 is 0. The van der Waals surface area contributed by atoms with Crippen LogP contribution in [0.5, 0.6) is 11.5 Å². The first-order valence-corrected chi connectivity index (χ1v) is 7.24. The Labute approximate surface area is 139 Å². The van der Waals surface area contributed by atoms with Crippen LogP contribution in [0.3, 0.4) is 0 Å². The lowest BCUT2D eigenvalue weighted by Crippen LogP contribution is -2.34. The van der Waals surface area contributed by atoms with E-state index in [1.165, 1.54) is 12.1 Å². The molecule has 1 unspecified atom stereocenters. The molecule has 1 aromatic rings. The quantitative estimate of drug-likeness (QED) is 0.544. The number of benzene rings is 1. The molecular weight excluding hydrogens is 294 g/mol. The van der Waals surface area contributed by atoms with Crippen LogP contribution in [0.25, 0.3) is 5.70 Å². The van der Waals surface area contributed by atoms with Gasteiger partial charge in [0.15, 0.2) is 0 Å². The van der Waals surface area contributed by atoms with Crippen molar-refractivity contribution in [2.75, 3.05) is 7.05 Å². The van der Waals surface area contributed by atoms with Gasteiger partial charge in [-0.2, -0.15) is 0 Å². The predicted molar refractivity (Wildman–Crippen MR) is 95.8 cm³/mol. The van der Waals surface area contributed by atoms with Crippen molar-refractivity contribution in [2.24, 2.45) is 11.1 Å². The monoisotopic (exact) mass is 325 g/mol. The Balaban J connectivity index is 0. The van der Waals surface area contributed by atoms with Gasteiger partial charge in [0.25, 0.3) is 0 Å². The minimum atomic E-state index is -0.0485. The van der Waals surface area contributed by atoms with Gasteiger partial charge in [-0.05, 0) is 31.5 Å². The molecule has 1 aromatic carbocycles. The highest BCUT2D eigenvalue weighted by atomic mass is 16.3. The molecular formula is C17H31N3O3. The van der Waals surface area contributed by atoms with E-state index in [2.05, 4.69) is 38.3 Å². The highest BCUT2D eigenvalue weighted by molar-refractivity contribution is 5.68. The molecule has 0 radical (unpaired) electrons. The standard InChI is InChI=1S/C11H17N3O2.C5H12.CH2O/c1-7(13-2)14-6-10(12)9-4-3-8(15)5-11(9)16;1-5(2,3)4;1-2/h3-7,13-16H,12H2,1-2H3;1-4H3;1H2/b10-6-;;. The number of nitrogens with one attached hydrogen (secondary N) is 2. The van der Waals surface area contributed by atoms with Gasteiger partial charge in [0.05, 0.1) is 11.9 Å². The van der Waals surface area contributed by atoms with Gasteiger partial charge < -0.3 is 31.4 Å². The third-order valence-corrected chi connectivity index (χ3v) is 2.21. The van der Waals surface area contributed by atoms with Crippen LogP contribution in [0.15, 0.2) is 24.4 Å². The van der Waals surface area contributed by atoms with Crippen LogP contribution in [-0.2, 0) is 4.79 Å². The fraction of sp³-hybridized carbons (Fsp3) is 0.471. The summed E-state index contributed by atoms with van der Waals surface area (Å²) in [7, 11) is 1.82. The average molecular weight is 325 g/mol. The second-order valence-electron chi connectivity index (χ2n) is 6.48.